The molecule has 4 nitrogen and oxygen atoms in total. The number of aromatic hydroxyl groups is 2. The summed E-state index contributed by atoms with van der Waals surface area (Å²) in [6.45, 7) is 0. The number of hydrogen-bond donors (Lipinski definition) is 2. The second-order valence-electron chi connectivity index (χ2n) is 5.20. The van der Waals surface area contributed by atoms with Crippen LogP contribution in [0.25, 0.3) is 11.0 Å². The molecule has 1 saturated carbocycles. The Hall–Kier alpha value is -1.97. The fourth-order valence-electron chi connectivity index (χ4n) is 2.90. The van der Waals surface area contributed by atoms with E-state index in [0.717, 1.165) is 25.7 Å². The second-order valence-corrected chi connectivity index (χ2v) is 5.20. The Bertz CT molecular complexity index is 666. The third-order valence-electron chi connectivity index (χ3n) is 3.89. The molecular weight excluding hydrogens is 244 g/mol. The van der Waals surface area contributed by atoms with Crippen LogP contribution in [0.1, 0.15) is 43.6 Å². The van der Waals surface area contributed by atoms with Crippen molar-refractivity contribution in [2.24, 2.45) is 0 Å². The molecule has 1 aliphatic rings. The molecule has 1 aromatic carbocycles. The first-order valence-electron chi connectivity index (χ1n) is 6.65. The lowest BCUT2D eigenvalue weighted by atomic mass is 9.84. The Kier molecular flexibility index (Phi) is 2.93. The molecule has 100 valence electrons. The summed E-state index contributed by atoms with van der Waals surface area (Å²) >= 11 is 0. The van der Waals surface area contributed by atoms with E-state index in [0.29, 0.717) is 10.9 Å². The Morgan fingerprint density at radius 1 is 1.05 bits per heavy atom. The highest BCUT2D eigenvalue weighted by Crippen LogP contribution is 2.35. The molecule has 0 spiro atoms. The highest BCUT2D eigenvalue weighted by Gasteiger charge is 2.20. The van der Waals surface area contributed by atoms with Crippen LogP contribution in [0, 0.1) is 0 Å². The minimum atomic E-state index is -0.357. The molecule has 2 aromatic rings. The average Bonchev–Trinajstić information content (AvgIpc) is 2.38. The molecule has 1 aromatic heterocycles. The molecule has 1 aliphatic carbocycles. The molecule has 0 unspecified atom stereocenters. The highest BCUT2D eigenvalue weighted by atomic mass is 16.4. The van der Waals surface area contributed by atoms with Gasteiger partial charge in [-0.25, -0.2) is 4.79 Å². The molecule has 2 N–H and O–H groups in total. The van der Waals surface area contributed by atoms with Crippen LogP contribution in [0.2, 0.25) is 0 Å². The smallest absolute Gasteiger partial charge is 0.339 e. The quantitative estimate of drug-likeness (QED) is 0.772. The molecule has 0 aliphatic heterocycles. The van der Waals surface area contributed by atoms with Crippen molar-refractivity contribution in [3.8, 4) is 11.5 Å². The first-order chi connectivity index (χ1) is 9.15. The molecule has 0 atom stereocenters. The summed E-state index contributed by atoms with van der Waals surface area (Å²) in [5.74, 6) is 0.0528. The predicted octanol–water partition coefficient (Wildman–Crippen LogP) is 3.25. The van der Waals surface area contributed by atoms with Crippen molar-refractivity contribution in [3.63, 3.8) is 0 Å². The third kappa shape index (κ3) is 2.18. The first-order valence-corrected chi connectivity index (χ1v) is 6.65. The largest absolute Gasteiger partial charge is 0.508 e. The van der Waals surface area contributed by atoms with Gasteiger partial charge in [0.15, 0.2) is 0 Å². The fraction of sp³-hybridized carbons (Fsp3) is 0.400. The van der Waals surface area contributed by atoms with Gasteiger partial charge in [0.05, 0.1) is 5.39 Å². The maximum Gasteiger partial charge on any atom is 0.339 e. The van der Waals surface area contributed by atoms with Crippen LogP contribution in [-0.2, 0) is 0 Å². The van der Waals surface area contributed by atoms with Crippen molar-refractivity contribution in [1.29, 1.82) is 0 Å². The van der Waals surface area contributed by atoms with Gasteiger partial charge in [0, 0.05) is 17.7 Å². The van der Waals surface area contributed by atoms with Crippen molar-refractivity contribution in [3.05, 3.63) is 34.2 Å². The standard InChI is InChI=1S/C15H16O4/c16-10-6-13(17)12-8-11(9-4-2-1-3-5-9)15(18)19-14(12)7-10/h6-9,16-17H,1-5H2. The van der Waals surface area contributed by atoms with E-state index >= 15 is 0 Å². The normalized spacial score (nSPS) is 16.8. The Morgan fingerprint density at radius 2 is 1.79 bits per heavy atom. The molecule has 0 bridgehead atoms. The van der Waals surface area contributed by atoms with Crippen LogP contribution in [0.5, 0.6) is 11.5 Å². The monoisotopic (exact) mass is 260 g/mol. The van der Waals surface area contributed by atoms with Gasteiger partial charge in [-0.05, 0) is 24.8 Å². The van der Waals surface area contributed by atoms with E-state index in [-0.39, 0.29) is 28.6 Å². The molecule has 0 radical (unpaired) electrons. The highest BCUT2D eigenvalue weighted by molar-refractivity contribution is 5.85. The van der Waals surface area contributed by atoms with Crippen molar-refractivity contribution >= 4 is 11.0 Å². The number of benzene rings is 1. The van der Waals surface area contributed by atoms with Crippen LogP contribution >= 0.6 is 0 Å². The van der Waals surface area contributed by atoms with Gasteiger partial charge in [-0.2, -0.15) is 0 Å². The van der Waals surface area contributed by atoms with E-state index in [4.69, 9.17) is 4.42 Å². The number of fused-ring (bicyclic) bond motifs is 1. The zero-order valence-corrected chi connectivity index (χ0v) is 10.6. The van der Waals surface area contributed by atoms with Crippen LogP contribution in [0.15, 0.2) is 27.4 Å². The Morgan fingerprint density at radius 3 is 2.53 bits per heavy atom. The van der Waals surface area contributed by atoms with Gasteiger partial charge in [-0.1, -0.05) is 19.3 Å². The van der Waals surface area contributed by atoms with E-state index in [1.807, 2.05) is 0 Å². The Labute approximate surface area is 110 Å². The van der Waals surface area contributed by atoms with E-state index in [1.165, 1.54) is 18.6 Å². The SMILES string of the molecule is O=c1oc2cc(O)cc(O)c2cc1C1CCCCC1. The molecule has 1 fully saturated rings. The summed E-state index contributed by atoms with van der Waals surface area (Å²) in [6.07, 6.45) is 5.46. The van der Waals surface area contributed by atoms with Gasteiger partial charge in [0.1, 0.15) is 17.1 Å². The zero-order chi connectivity index (χ0) is 13.4. The predicted molar refractivity (Wildman–Crippen MR) is 71.6 cm³/mol. The summed E-state index contributed by atoms with van der Waals surface area (Å²) in [7, 11) is 0. The van der Waals surface area contributed by atoms with Gasteiger partial charge in [-0.3, -0.25) is 0 Å². The number of hydrogen-bond acceptors (Lipinski definition) is 4. The van der Waals surface area contributed by atoms with Crippen molar-refractivity contribution in [2.75, 3.05) is 0 Å². The number of phenolic OH excluding ortho intramolecular Hbond substituents is 2. The first kappa shape index (κ1) is 12.1. The lowest BCUT2D eigenvalue weighted by Gasteiger charge is -2.20. The molecule has 3 rings (SSSR count). The maximum absolute atomic E-state index is 12.0. The minimum absolute atomic E-state index is 0.0594. The average molecular weight is 260 g/mol. The summed E-state index contributed by atoms with van der Waals surface area (Å²) in [6, 6.07) is 4.32. The number of rotatable bonds is 1. The van der Waals surface area contributed by atoms with Gasteiger partial charge in [0.2, 0.25) is 0 Å². The van der Waals surface area contributed by atoms with Crippen molar-refractivity contribution < 1.29 is 14.6 Å². The van der Waals surface area contributed by atoms with E-state index in [2.05, 4.69) is 0 Å². The molecule has 0 amide bonds. The third-order valence-corrected chi connectivity index (χ3v) is 3.89. The lowest BCUT2D eigenvalue weighted by Crippen LogP contribution is -2.14. The molecular formula is C15H16O4. The van der Waals surface area contributed by atoms with Crippen LogP contribution in [0.4, 0.5) is 0 Å². The second kappa shape index (κ2) is 4.61. The molecule has 4 heteroatoms. The summed E-state index contributed by atoms with van der Waals surface area (Å²) in [5, 5.41) is 19.7. The summed E-state index contributed by atoms with van der Waals surface area (Å²) in [5.41, 5.74) is 0.514. The molecule has 0 saturated heterocycles. The summed E-state index contributed by atoms with van der Waals surface area (Å²) < 4.78 is 5.23. The van der Waals surface area contributed by atoms with Crippen LogP contribution < -0.4 is 5.63 Å². The van der Waals surface area contributed by atoms with Gasteiger partial charge in [0.25, 0.3) is 0 Å². The molecule has 1 heterocycles. The summed E-state index contributed by atoms with van der Waals surface area (Å²) in [4.78, 5) is 12.0. The van der Waals surface area contributed by atoms with Crippen molar-refractivity contribution in [2.45, 2.75) is 38.0 Å². The van der Waals surface area contributed by atoms with E-state index in [1.54, 1.807) is 6.07 Å². The zero-order valence-electron chi connectivity index (χ0n) is 10.6. The van der Waals surface area contributed by atoms with E-state index in [9.17, 15) is 15.0 Å². The van der Waals surface area contributed by atoms with Crippen molar-refractivity contribution in [1.82, 2.24) is 0 Å². The minimum Gasteiger partial charge on any atom is -0.508 e. The fourth-order valence-corrected chi connectivity index (χ4v) is 2.90. The van der Waals surface area contributed by atoms with Gasteiger partial charge < -0.3 is 14.6 Å². The number of phenols is 2. The van der Waals surface area contributed by atoms with E-state index < -0.39 is 0 Å². The Balaban J connectivity index is 2.15. The lowest BCUT2D eigenvalue weighted by molar-refractivity contribution is 0.425. The van der Waals surface area contributed by atoms with Gasteiger partial charge >= 0.3 is 5.63 Å². The van der Waals surface area contributed by atoms with Crippen LogP contribution in [0.3, 0.4) is 0 Å². The van der Waals surface area contributed by atoms with Gasteiger partial charge in [-0.15, -0.1) is 0 Å². The van der Waals surface area contributed by atoms with Crippen LogP contribution in [-0.4, -0.2) is 10.2 Å². The topological polar surface area (TPSA) is 70.7 Å². The maximum atomic E-state index is 12.0. The molecule has 19 heavy (non-hydrogen) atoms.